The van der Waals surface area contributed by atoms with Crippen LogP contribution in [-0.2, 0) is 25.4 Å². The zero-order valence-corrected chi connectivity index (χ0v) is 14.1. The minimum Gasteiger partial charge on any atom is -0.398 e. The van der Waals surface area contributed by atoms with Crippen LogP contribution in [0.4, 0.5) is 18.9 Å². The zero-order chi connectivity index (χ0) is 18.3. The molecular weight excluding hydrogens is 335 g/mol. The number of aryl methyl sites for hydroxylation is 2. The number of alkyl halides is 3. The van der Waals surface area contributed by atoms with Gasteiger partial charge in [0.25, 0.3) is 0 Å². The molecule has 2 N–H and O–H groups in total. The van der Waals surface area contributed by atoms with E-state index in [-0.39, 0.29) is 0 Å². The van der Waals surface area contributed by atoms with Gasteiger partial charge >= 0.3 is 6.18 Å². The molecule has 4 rings (SSSR count). The van der Waals surface area contributed by atoms with Crippen LogP contribution in [0.15, 0.2) is 60.7 Å². The molecule has 0 spiro atoms. The summed E-state index contributed by atoms with van der Waals surface area (Å²) in [5.74, 6) is 0. The van der Waals surface area contributed by atoms with Gasteiger partial charge in [-0.1, -0.05) is 54.6 Å². The first-order valence-corrected chi connectivity index (χ1v) is 8.59. The molecule has 0 atom stereocenters. The smallest absolute Gasteiger partial charge is 0.398 e. The monoisotopic (exact) mass is 353 g/mol. The molecule has 132 valence electrons. The summed E-state index contributed by atoms with van der Waals surface area (Å²) in [6.07, 6.45) is -2.75. The lowest BCUT2D eigenvalue weighted by molar-refractivity contribution is -0.138. The van der Waals surface area contributed by atoms with Gasteiger partial charge < -0.3 is 5.73 Å². The lowest BCUT2D eigenvalue weighted by Gasteiger charge is -2.14. The van der Waals surface area contributed by atoms with Crippen LogP contribution in [0, 0.1) is 0 Å². The molecule has 1 nitrogen and oxygen atoms in total. The maximum Gasteiger partial charge on any atom is 0.416 e. The van der Waals surface area contributed by atoms with E-state index < -0.39 is 11.7 Å². The van der Waals surface area contributed by atoms with Gasteiger partial charge in [0.15, 0.2) is 0 Å². The third kappa shape index (κ3) is 2.85. The van der Waals surface area contributed by atoms with Crippen LogP contribution >= 0.6 is 0 Å². The van der Waals surface area contributed by atoms with Gasteiger partial charge in [-0.05, 0) is 52.3 Å². The molecule has 0 heterocycles. The number of anilines is 1. The summed E-state index contributed by atoms with van der Waals surface area (Å²) >= 11 is 0. The van der Waals surface area contributed by atoms with Gasteiger partial charge in [0.1, 0.15) is 0 Å². The van der Waals surface area contributed by atoms with Crippen molar-refractivity contribution in [3.8, 4) is 11.1 Å². The van der Waals surface area contributed by atoms with E-state index >= 15 is 0 Å². The highest BCUT2D eigenvalue weighted by Crippen LogP contribution is 2.41. The highest BCUT2D eigenvalue weighted by atomic mass is 19.4. The van der Waals surface area contributed by atoms with E-state index in [2.05, 4.69) is 12.1 Å². The largest absolute Gasteiger partial charge is 0.416 e. The highest BCUT2D eigenvalue weighted by molar-refractivity contribution is 5.82. The van der Waals surface area contributed by atoms with Crippen molar-refractivity contribution in [1.29, 1.82) is 0 Å². The quantitative estimate of drug-likeness (QED) is 0.474. The SMILES string of the molecule is Nc1c(CCc2ccccc2C(F)(F)F)ccc2c1Cc1ccccc1-2. The fraction of sp³-hybridized carbons (Fsp3) is 0.182. The number of halogens is 3. The maximum atomic E-state index is 13.2. The summed E-state index contributed by atoms with van der Waals surface area (Å²) in [7, 11) is 0. The summed E-state index contributed by atoms with van der Waals surface area (Å²) in [5, 5.41) is 0. The molecule has 0 unspecified atom stereocenters. The molecule has 0 fully saturated rings. The Morgan fingerprint density at radius 3 is 2.27 bits per heavy atom. The first-order chi connectivity index (χ1) is 12.4. The number of rotatable bonds is 3. The van der Waals surface area contributed by atoms with Crippen LogP contribution < -0.4 is 5.73 Å². The van der Waals surface area contributed by atoms with Crippen molar-refractivity contribution in [3.63, 3.8) is 0 Å². The molecule has 0 saturated carbocycles. The Labute approximate surface area is 150 Å². The normalized spacial score (nSPS) is 12.7. The Balaban J connectivity index is 1.61. The summed E-state index contributed by atoms with van der Waals surface area (Å²) < 4.78 is 39.5. The van der Waals surface area contributed by atoms with E-state index in [0.29, 0.717) is 24.1 Å². The van der Waals surface area contributed by atoms with E-state index in [1.165, 1.54) is 17.2 Å². The van der Waals surface area contributed by atoms with Crippen molar-refractivity contribution in [2.75, 3.05) is 5.73 Å². The van der Waals surface area contributed by atoms with Crippen molar-refractivity contribution < 1.29 is 13.2 Å². The molecule has 3 aromatic carbocycles. The number of hydrogen-bond acceptors (Lipinski definition) is 1. The van der Waals surface area contributed by atoms with E-state index in [1.54, 1.807) is 12.1 Å². The van der Waals surface area contributed by atoms with Crippen LogP contribution in [0.1, 0.15) is 27.8 Å². The van der Waals surface area contributed by atoms with Crippen molar-refractivity contribution >= 4 is 5.69 Å². The van der Waals surface area contributed by atoms with E-state index in [1.807, 2.05) is 24.3 Å². The third-order valence-corrected chi connectivity index (χ3v) is 5.11. The molecule has 0 amide bonds. The predicted molar refractivity (Wildman–Crippen MR) is 97.9 cm³/mol. The van der Waals surface area contributed by atoms with Crippen LogP contribution in [-0.4, -0.2) is 0 Å². The van der Waals surface area contributed by atoms with Gasteiger partial charge in [-0.2, -0.15) is 13.2 Å². The molecule has 0 aromatic heterocycles. The molecule has 3 aromatic rings. The standard InChI is InChI=1S/C22H18F3N/c23-22(24,25)20-8-4-2-5-14(20)9-10-15-11-12-18-17-7-3-1-6-16(17)13-19(18)21(15)26/h1-8,11-12H,9-10,13,26H2. The molecule has 0 radical (unpaired) electrons. The molecule has 0 aliphatic heterocycles. The third-order valence-electron chi connectivity index (χ3n) is 5.11. The van der Waals surface area contributed by atoms with Crippen molar-refractivity contribution in [1.82, 2.24) is 0 Å². The second kappa shape index (κ2) is 6.20. The predicted octanol–water partition coefficient (Wildman–Crippen LogP) is 5.64. The first-order valence-electron chi connectivity index (χ1n) is 8.59. The Bertz CT molecular complexity index is 973. The Morgan fingerprint density at radius 2 is 1.46 bits per heavy atom. The van der Waals surface area contributed by atoms with Gasteiger partial charge in [-0.25, -0.2) is 0 Å². The van der Waals surface area contributed by atoms with Crippen LogP contribution in [0.2, 0.25) is 0 Å². The van der Waals surface area contributed by atoms with Crippen molar-refractivity contribution in [2.45, 2.75) is 25.4 Å². The van der Waals surface area contributed by atoms with Crippen LogP contribution in [0.25, 0.3) is 11.1 Å². The number of fused-ring (bicyclic) bond motifs is 3. The number of nitrogen functional groups attached to an aromatic ring is 1. The topological polar surface area (TPSA) is 26.0 Å². The van der Waals surface area contributed by atoms with Gasteiger partial charge in [0.2, 0.25) is 0 Å². The van der Waals surface area contributed by atoms with Crippen molar-refractivity contribution in [3.05, 3.63) is 88.5 Å². The van der Waals surface area contributed by atoms with Crippen LogP contribution in [0.5, 0.6) is 0 Å². The molecule has 0 saturated heterocycles. The van der Waals surface area contributed by atoms with E-state index in [0.717, 1.165) is 29.2 Å². The van der Waals surface area contributed by atoms with Gasteiger partial charge in [0, 0.05) is 12.1 Å². The summed E-state index contributed by atoms with van der Waals surface area (Å²) in [6, 6.07) is 17.9. The molecule has 0 bridgehead atoms. The lowest BCUT2D eigenvalue weighted by atomic mass is 9.95. The van der Waals surface area contributed by atoms with Gasteiger partial charge in [0.05, 0.1) is 5.56 Å². The summed E-state index contributed by atoms with van der Waals surface area (Å²) in [6.45, 7) is 0. The Hall–Kier alpha value is -2.75. The lowest BCUT2D eigenvalue weighted by Crippen LogP contribution is -2.10. The molecule has 1 aliphatic carbocycles. The Morgan fingerprint density at radius 1 is 0.769 bits per heavy atom. The second-order valence-corrected chi connectivity index (χ2v) is 6.65. The minimum atomic E-state index is -4.33. The number of hydrogen-bond donors (Lipinski definition) is 1. The number of benzene rings is 3. The highest BCUT2D eigenvalue weighted by Gasteiger charge is 2.32. The van der Waals surface area contributed by atoms with Crippen molar-refractivity contribution in [2.24, 2.45) is 0 Å². The molecule has 26 heavy (non-hydrogen) atoms. The fourth-order valence-electron chi connectivity index (χ4n) is 3.79. The second-order valence-electron chi connectivity index (χ2n) is 6.65. The average Bonchev–Trinajstić information content (AvgIpc) is 3.00. The minimum absolute atomic E-state index is 0.309. The van der Waals surface area contributed by atoms with Gasteiger partial charge in [-0.3, -0.25) is 0 Å². The molecule has 1 aliphatic rings. The maximum absolute atomic E-state index is 13.2. The molecule has 4 heteroatoms. The average molecular weight is 353 g/mol. The number of nitrogens with two attached hydrogens (primary N) is 1. The van der Waals surface area contributed by atoms with E-state index in [9.17, 15) is 13.2 Å². The summed E-state index contributed by atoms with van der Waals surface area (Å²) in [5.41, 5.74) is 12.4. The Kier molecular flexibility index (Phi) is 3.98. The first kappa shape index (κ1) is 16.7. The zero-order valence-electron chi connectivity index (χ0n) is 14.1. The van der Waals surface area contributed by atoms with E-state index in [4.69, 9.17) is 5.73 Å². The fourth-order valence-corrected chi connectivity index (χ4v) is 3.79. The summed E-state index contributed by atoms with van der Waals surface area (Å²) in [4.78, 5) is 0. The van der Waals surface area contributed by atoms with Gasteiger partial charge in [-0.15, -0.1) is 0 Å². The van der Waals surface area contributed by atoms with Crippen LogP contribution in [0.3, 0.4) is 0 Å². The molecular formula is C22H18F3N.